The molecule has 0 saturated carbocycles. The number of carbonyl (C=O) groups is 1. The van der Waals surface area contributed by atoms with Crippen molar-refractivity contribution in [2.45, 2.75) is 27.2 Å². The van der Waals surface area contributed by atoms with Gasteiger partial charge in [-0.05, 0) is 13.8 Å². The van der Waals surface area contributed by atoms with Crippen LogP contribution in [0.3, 0.4) is 0 Å². The molecule has 0 saturated heterocycles. The zero-order valence-corrected chi connectivity index (χ0v) is 8.14. The molecule has 0 atom stereocenters. The third kappa shape index (κ3) is 3.32. The largest absolute Gasteiger partial charge is 0.300 e. The van der Waals surface area contributed by atoms with E-state index in [4.69, 9.17) is 5.41 Å². The summed E-state index contributed by atoms with van der Waals surface area (Å²) in [5.74, 6) is 0.222. The van der Waals surface area contributed by atoms with Gasteiger partial charge in [0.15, 0.2) is 0 Å². The van der Waals surface area contributed by atoms with Crippen molar-refractivity contribution >= 4 is 11.7 Å². The number of likely N-dealkylation sites (N-methyl/N-ethyl adjacent to an activating group) is 1. The molecule has 0 bridgehead atoms. The number of amides is 1. The molecule has 12 heavy (non-hydrogen) atoms. The lowest BCUT2D eigenvalue weighted by Crippen LogP contribution is -2.30. The second-order valence-electron chi connectivity index (χ2n) is 2.92. The Morgan fingerprint density at radius 1 is 1.50 bits per heavy atom. The summed E-state index contributed by atoms with van der Waals surface area (Å²) in [6.45, 7) is 5.58. The highest BCUT2D eigenvalue weighted by molar-refractivity contribution is 6.01. The molecule has 0 aromatic heterocycles. The highest BCUT2D eigenvalue weighted by Crippen LogP contribution is 1.96. The number of hydrogen-bond donors (Lipinski definition) is 1. The van der Waals surface area contributed by atoms with E-state index in [0.29, 0.717) is 12.3 Å². The van der Waals surface area contributed by atoms with Crippen LogP contribution in [-0.4, -0.2) is 23.7 Å². The molecule has 0 fully saturated rings. The zero-order valence-electron chi connectivity index (χ0n) is 8.14. The molecule has 0 radical (unpaired) electrons. The first-order valence-electron chi connectivity index (χ1n) is 3.99. The number of carbonyl (C=O) groups excluding carboxylic acids is 1. The maximum absolute atomic E-state index is 11.3. The summed E-state index contributed by atoms with van der Waals surface area (Å²) in [5, 5.41) is 7.39. The molecule has 0 aromatic rings. The molecule has 0 aliphatic heterocycles. The van der Waals surface area contributed by atoms with Crippen molar-refractivity contribution < 1.29 is 4.79 Å². The van der Waals surface area contributed by atoms with Crippen molar-refractivity contribution in [3.63, 3.8) is 0 Å². The number of nitrogens with zero attached hydrogens (tertiary/aromatic N) is 1. The molecule has 0 heterocycles. The van der Waals surface area contributed by atoms with E-state index in [-0.39, 0.29) is 5.91 Å². The van der Waals surface area contributed by atoms with E-state index >= 15 is 0 Å². The SMILES string of the molecule is CCC(=N)N(C)C(=O)C=C(C)C. The summed E-state index contributed by atoms with van der Waals surface area (Å²) in [6, 6.07) is 0. The van der Waals surface area contributed by atoms with E-state index in [1.54, 1.807) is 7.05 Å². The fourth-order valence-electron chi connectivity index (χ4n) is 0.714. The van der Waals surface area contributed by atoms with E-state index in [9.17, 15) is 4.79 Å². The lowest BCUT2D eigenvalue weighted by atomic mass is 10.3. The molecule has 0 unspecified atom stereocenters. The molecule has 0 aromatic carbocycles. The van der Waals surface area contributed by atoms with Crippen molar-refractivity contribution in [1.29, 1.82) is 5.41 Å². The first-order valence-corrected chi connectivity index (χ1v) is 3.99. The Hall–Kier alpha value is -1.12. The van der Waals surface area contributed by atoms with E-state index in [0.717, 1.165) is 5.57 Å². The van der Waals surface area contributed by atoms with Gasteiger partial charge in [-0.25, -0.2) is 0 Å². The lowest BCUT2D eigenvalue weighted by Gasteiger charge is -2.14. The van der Waals surface area contributed by atoms with E-state index in [1.807, 2.05) is 20.8 Å². The molecule has 68 valence electrons. The van der Waals surface area contributed by atoms with Gasteiger partial charge in [0, 0.05) is 19.5 Å². The monoisotopic (exact) mass is 168 g/mol. The molecule has 3 nitrogen and oxygen atoms in total. The predicted molar refractivity (Wildman–Crippen MR) is 50.2 cm³/mol. The fraction of sp³-hybridized carbons (Fsp3) is 0.556. The predicted octanol–water partition coefficient (Wildman–Crippen LogP) is 1.80. The number of allylic oxidation sites excluding steroid dienone is 1. The van der Waals surface area contributed by atoms with Gasteiger partial charge in [0.25, 0.3) is 5.91 Å². The second-order valence-corrected chi connectivity index (χ2v) is 2.92. The molecular formula is C9H16N2O. The van der Waals surface area contributed by atoms with Crippen molar-refractivity contribution in [1.82, 2.24) is 4.90 Å². The van der Waals surface area contributed by atoms with Crippen LogP contribution in [-0.2, 0) is 4.79 Å². The Morgan fingerprint density at radius 2 is 2.00 bits per heavy atom. The molecule has 1 amide bonds. The molecular weight excluding hydrogens is 152 g/mol. The van der Waals surface area contributed by atoms with Gasteiger partial charge in [-0.15, -0.1) is 0 Å². The number of amidine groups is 1. The smallest absolute Gasteiger partial charge is 0.251 e. The topological polar surface area (TPSA) is 44.2 Å². The van der Waals surface area contributed by atoms with E-state index < -0.39 is 0 Å². The van der Waals surface area contributed by atoms with Gasteiger partial charge < -0.3 is 4.90 Å². The third-order valence-electron chi connectivity index (χ3n) is 1.48. The van der Waals surface area contributed by atoms with Gasteiger partial charge in [0.2, 0.25) is 0 Å². The first kappa shape index (κ1) is 10.9. The normalized spacial score (nSPS) is 9.00. The average Bonchev–Trinajstić information content (AvgIpc) is 2.00. The van der Waals surface area contributed by atoms with Crippen molar-refractivity contribution in [2.75, 3.05) is 7.05 Å². The quantitative estimate of drug-likeness (QED) is 0.381. The van der Waals surface area contributed by atoms with Gasteiger partial charge in [-0.2, -0.15) is 0 Å². The number of nitrogens with one attached hydrogen (secondary N) is 1. The standard InChI is InChI=1S/C9H16N2O/c1-5-8(10)11(4)9(12)6-7(2)3/h6,10H,5H2,1-4H3. The van der Waals surface area contributed by atoms with E-state index in [1.165, 1.54) is 11.0 Å². The van der Waals surface area contributed by atoms with Crippen LogP contribution in [0, 0.1) is 5.41 Å². The fourth-order valence-corrected chi connectivity index (χ4v) is 0.714. The molecule has 0 aliphatic carbocycles. The Kier molecular flexibility index (Phi) is 4.26. The summed E-state index contributed by atoms with van der Waals surface area (Å²) >= 11 is 0. The van der Waals surface area contributed by atoms with Crippen LogP contribution in [0.15, 0.2) is 11.6 Å². The van der Waals surface area contributed by atoms with Crippen LogP contribution in [0.5, 0.6) is 0 Å². The summed E-state index contributed by atoms with van der Waals surface area (Å²) in [6.07, 6.45) is 2.11. The van der Waals surface area contributed by atoms with Crippen LogP contribution in [0.2, 0.25) is 0 Å². The Morgan fingerprint density at radius 3 is 2.33 bits per heavy atom. The Labute approximate surface area is 73.6 Å². The van der Waals surface area contributed by atoms with Crippen LogP contribution in [0.1, 0.15) is 27.2 Å². The van der Waals surface area contributed by atoms with Crippen LogP contribution < -0.4 is 0 Å². The van der Waals surface area contributed by atoms with Gasteiger partial charge in [0.05, 0.1) is 0 Å². The third-order valence-corrected chi connectivity index (χ3v) is 1.48. The highest BCUT2D eigenvalue weighted by Gasteiger charge is 2.08. The molecule has 0 aliphatic rings. The second kappa shape index (κ2) is 4.70. The number of hydrogen-bond acceptors (Lipinski definition) is 2. The van der Waals surface area contributed by atoms with Crippen LogP contribution in [0.25, 0.3) is 0 Å². The van der Waals surface area contributed by atoms with Crippen molar-refractivity contribution in [3.8, 4) is 0 Å². The first-order chi connectivity index (χ1) is 5.49. The molecule has 3 heteroatoms. The number of rotatable bonds is 2. The van der Waals surface area contributed by atoms with Crippen molar-refractivity contribution in [2.24, 2.45) is 0 Å². The highest BCUT2D eigenvalue weighted by atomic mass is 16.2. The Balaban J connectivity index is 4.30. The van der Waals surface area contributed by atoms with Gasteiger partial charge in [-0.1, -0.05) is 12.5 Å². The van der Waals surface area contributed by atoms with Crippen molar-refractivity contribution in [3.05, 3.63) is 11.6 Å². The summed E-state index contributed by atoms with van der Waals surface area (Å²) < 4.78 is 0. The van der Waals surface area contributed by atoms with E-state index in [2.05, 4.69) is 0 Å². The minimum atomic E-state index is -0.123. The van der Waals surface area contributed by atoms with Crippen LogP contribution in [0.4, 0.5) is 0 Å². The minimum Gasteiger partial charge on any atom is -0.300 e. The van der Waals surface area contributed by atoms with Gasteiger partial charge in [-0.3, -0.25) is 10.2 Å². The lowest BCUT2D eigenvalue weighted by molar-refractivity contribution is -0.121. The maximum Gasteiger partial charge on any atom is 0.251 e. The Bertz CT molecular complexity index is 215. The summed E-state index contributed by atoms with van der Waals surface area (Å²) in [4.78, 5) is 12.6. The van der Waals surface area contributed by atoms with Crippen LogP contribution >= 0.6 is 0 Å². The van der Waals surface area contributed by atoms with Gasteiger partial charge in [0.1, 0.15) is 5.84 Å². The summed E-state index contributed by atoms with van der Waals surface area (Å²) in [5.41, 5.74) is 0.954. The molecule has 0 rings (SSSR count). The van der Waals surface area contributed by atoms with Gasteiger partial charge >= 0.3 is 0 Å². The molecule has 0 spiro atoms. The average molecular weight is 168 g/mol. The maximum atomic E-state index is 11.3. The molecule has 1 N–H and O–H groups in total. The summed E-state index contributed by atoms with van der Waals surface area (Å²) in [7, 11) is 1.62. The minimum absolute atomic E-state index is 0.123. The zero-order chi connectivity index (χ0) is 9.72.